The molecule has 4 rings (SSSR count). The fourth-order valence-corrected chi connectivity index (χ4v) is 4.54. The van der Waals surface area contributed by atoms with Gasteiger partial charge in [0.15, 0.2) is 0 Å². The van der Waals surface area contributed by atoms with E-state index in [1.807, 2.05) is 38.1 Å². The summed E-state index contributed by atoms with van der Waals surface area (Å²) < 4.78 is 5.56. The summed E-state index contributed by atoms with van der Waals surface area (Å²) >= 11 is 0. The van der Waals surface area contributed by atoms with E-state index in [0.29, 0.717) is 13.0 Å². The van der Waals surface area contributed by atoms with Crippen LogP contribution in [0.5, 0.6) is 0 Å². The minimum Gasteiger partial charge on any atom is -0.481 e. The number of carboxylic acid groups (broad SMARTS) is 1. The molecule has 3 N–H and O–H groups in total. The molecule has 7 heteroatoms. The third-order valence-electron chi connectivity index (χ3n) is 6.50. The molecule has 174 valence electrons. The van der Waals surface area contributed by atoms with Crippen molar-refractivity contribution in [3.63, 3.8) is 0 Å². The number of aliphatic carboxylic acids is 1. The van der Waals surface area contributed by atoms with E-state index in [-0.39, 0.29) is 43.2 Å². The molecule has 1 saturated carbocycles. The summed E-state index contributed by atoms with van der Waals surface area (Å²) in [6.45, 7) is 4.71. The standard InChI is InChI=1S/C26H30N2O5/c1-26(2,12-23(29)27-13-16-11-21(16)24(30)31)15-28-25(32)33-14-22-19-9-5-3-7-17(19)18-8-4-6-10-20(18)22/h3-10,16,21-22H,11-15H2,1-2H3,(H,27,29)(H,28,32)(H,30,31). The second-order valence-corrected chi connectivity index (χ2v) is 9.76. The Bertz CT molecular complexity index is 1020. The zero-order valence-corrected chi connectivity index (χ0v) is 19.0. The van der Waals surface area contributed by atoms with Crippen LogP contribution in [-0.2, 0) is 14.3 Å². The molecule has 2 aliphatic carbocycles. The maximum atomic E-state index is 12.4. The molecule has 0 radical (unpaired) electrons. The van der Waals surface area contributed by atoms with Gasteiger partial charge in [-0.1, -0.05) is 62.4 Å². The van der Waals surface area contributed by atoms with Gasteiger partial charge in [0.2, 0.25) is 5.91 Å². The van der Waals surface area contributed by atoms with Crippen molar-refractivity contribution >= 4 is 18.0 Å². The van der Waals surface area contributed by atoms with E-state index in [1.54, 1.807) is 0 Å². The van der Waals surface area contributed by atoms with Gasteiger partial charge in [0.25, 0.3) is 0 Å². The Balaban J connectivity index is 1.23. The normalized spacial score (nSPS) is 18.7. The predicted molar refractivity (Wildman–Crippen MR) is 124 cm³/mol. The van der Waals surface area contributed by atoms with E-state index in [9.17, 15) is 14.4 Å². The van der Waals surface area contributed by atoms with Crippen LogP contribution in [0.3, 0.4) is 0 Å². The molecule has 0 heterocycles. The third-order valence-corrected chi connectivity index (χ3v) is 6.50. The molecule has 2 aromatic rings. The number of alkyl carbamates (subject to hydrolysis) is 1. The predicted octanol–water partition coefficient (Wildman–Crippen LogP) is 3.78. The first-order chi connectivity index (χ1) is 15.7. The van der Waals surface area contributed by atoms with Crippen LogP contribution in [0.25, 0.3) is 11.1 Å². The summed E-state index contributed by atoms with van der Waals surface area (Å²) in [6, 6.07) is 16.3. The molecule has 0 aliphatic heterocycles. The molecule has 33 heavy (non-hydrogen) atoms. The van der Waals surface area contributed by atoms with Crippen LogP contribution >= 0.6 is 0 Å². The summed E-state index contributed by atoms with van der Waals surface area (Å²) in [4.78, 5) is 35.5. The topological polar surface area (TPSA) is 105 Å². The lowest BCUT2D eigenvalue weighted by Crippen LogP contribution is -2.38. The van der Waals surface area contributed by atoms with Gasteiger partial charge >= 0.3 is 12.1 Å². The molecule has 1 fully saturated rings. The van der Waals surface area contributed by atoms with Crippen LogP contribution in [-0.4, -0.2) is 42.8 Å². The molecule has 0 spiro atoms. The van der Waals surface area contributed by atoms with Crippen LogP contribution in [0.15, 0.2) is 48.5 Å². The van der Waals surface area contributed by atoms with Crippen LogP contribution < -0.4 is 10.6 Å². The van der Waals surface area contributed by atoms with Crippen molar-refractivity contribution in [3.8, 4) is 11.1 Å². The van der Waals surface area contributed by atoms with Gasteiger partial charge in [-0.3, -0.25) is 9.59 Å². The second-order valence-electron chi connectivity index (χ2n) is 9.76. The van der Waals surface area contributed by atoms with Crippen molar-refractivity contribution in [2.45, 2.75) is 32.6 Å². The van der Waals surface area contributed by atoms with E-state index in [2.05, 4.69) is 34.9 Å². The highest BCUT2D eigenvalue weighted by Crippen LogP contribution is 2.44. The quantitative estimate of drug-likeness (QED) is 0.539. The van der Waals surface area contributed by atoms with E-state index >= 15 is 0 Å². The number of carbonyl (C=O) groups is 3. The van der Waals surface area contributed by atoms with Gasteiger partial charge in [-0.25, -0.2) is 4.79 Å². The van der Waals surface area contributed by atoms with Gasteiger partial charge in [0.1, 0.15) is 6.61 Å². The number of hydrogen-bond donors (Lipinski definition) is 3. The van der Waals surface area contributed by atoms with Gasteiger partial charge < -0.3 is 20.5 Å². The van der Waals surface area contributed by atoms with Gasteiger partial charge in [-0.15, -0.1) is 0 Å². The number of rotatable bonds is 9. The minimum absolute atomic E-state index is 0.000935. The van der Waals surface area contributed by atoms with Gasteiger partial charge in [0, 0.05) is 25.4 Å². The van der Waals surface area contributed by atoms with Crippen molar-refractivity contribution in [2.24, 2.45) is 17.3 Å². The fraction of sp³-hybridized carbons (Fsp3) is 0.423. The van der Waals surface area contributed by atoms with E-state index < -0.39 is 17.5 Å². The number of hydrogen-bond acceptors (Lipinski definition) is 4. The lowest BCUT2D eigenvalue weighted by molar-refractivity contribution is -0.139. The highest BCUT2D eigenvalue weighted by molar-refractivity contribution is 5.79. The molecule has 0 bridgehead atoms. The maximum Gasteiger partial charge on any atom is 0.407 e. The molecule has 2 amide bonds. The summed E-state index contributed by atoms with van der Waals surface area (Å²) in [5, 5.41) is 14.5. The molecular weight excluding hydrogens is 420 g/mol. The number of carbonyl (C=O) groups excluding carboxylic acids is 2. The van der Waals surface area contributed by atoms with Crippen LogP contribution in [0.1, 0.15) is 43.7 Å². The number of nitrogens with one attached hydrogen (secondary N) is 2. The average Bonchev–Trinajstić information content (AvgIpc) is 3.51. The fourth-order valence-electron chi connectivity index (χ4n) is 4.54. The lowest BCUT2D eigenvalue weighted by Gasteiger charge is -2.24. The maximum absolute atomic E-state index is 12.4. The minimum atomic E-state index is -0.804. The number of benzene rings is 2. The Hall–Kier alpha value is -3.35. The number of carboxylic acids is 1. The zero-order valence-electron chi connectivity index (χ0n) is 19.0. The van der Waals surface area contributed by atoms with Crippen molar-refractivity contribution in [1.29, 1.82) is 0 Å². The van der Waals surface area contributed by atoms with Crippen LogP contribution in [0.2, 0.25) is 0 Å². The van der Waals surface area contributed by atoms with Gasteiger partial charge in [-0.05, 0) is 40.0 Å². The lowest BCUT2D eigenvalue weighted by atomic mass is 9.89. The second kappa shape index (κ2) is 9.25. The first-order valence-electron chi connectivity index (χ1n) is 11.3. The molecule has 2 unspecified atom stereocenters. The molecule has 0 saturated heterocycles. The molecule has 2 atom stereocenters. The molecule has 2 aromatic carbocycles. The number of ether oxygens (including phenoxy) is 1. The van der Waals surface area contributed by atoms with E-state index in [4.69, 9.17) is 9.84 Å². The van der Waals surface area contributed by atoms with E-state index in [0.717, 1.165) is 11.1 Å². The highest BCUT2D eigenvalue weighted by atomic mass is 16.5. The monoisotopic (exact) mass is 450 g/mol. The third kappa shape index (κ3) is 5.35. The summed E-state index contributed by atoms with van der Waals surface area (Å²) in [7, 11) is 0. The first kappa shape index (κ1) is 22.8. The Kier molecular flexibility index (Phi) is 6.40. The number of fused-ring (bicyclic) bond motifs is 3. The highest BCUT2D eigenvalue weighted by Gasteiger charge is 2.43. The molecule has 2 aliphatic rings. The van der Waals surface area contributed by atoms with Crippen molar-refractivity contribution < 1.29 is 24.2 Å². The van der Waals surface area contributed by atoms with E-state index in [1.165, 1.54) is 11.1 Å². The van der Waals surface area contributed by atoms with Gasteiger partial charge in [0.05, 0.1) is 5.92 Å². The smallest absolute Gasteiger partial charge is 0.407 e. The van der Waals surface area contributed by atoms with Gasteiger partial charge in [-0.2, -0.15) is 0 Å². The van der Waals surface area contributed by atoms with Crippen molar-refractivity contribution in [3.05, 3.63) is 59.7 Å². The Labute approximate surface area is 193 Å². The molecule has 0 aromatic heterocycles. The molecule has 7 nitrogen and oxygen atoms in total. The Morgan fingerprint density at radius 3 is 2.18 bits per heavy atom. The zero-order chi connectivity index (χ0) is 23.6. The Morgan fingerprint density at radius 1 is 1.00 bits per heavy atom. The van der Waals surface area contributed by atoms with Crippen molar-refractivity contribution in [2.75, 3.05) is 19.7 Å². The summed E-state index contributed by atoms with van der Waals surface area (Å²) in [5.41, 5.74) is 4.20. The number of amides is 2. The SMILES string of the molecule is CC(C)(CNC(=O)OCC1c2ccccc2-c2ccccc21)CC(=O)NCC1CC1C(=O)O. The summed E-state index contributed by atoms with van der Waals surface area (Å²) in [6.07, 6.45) is 0.330. The van der Waals surface area contributed by atoms with Crippen LogP contribution in [0, 0.1) is 17.3 Å². The molecular formula is C26H30N2O5. The Morgan fingerprint density at radius 2 is 1.61 bits per heavy atom. The van der Waals surface area contributed by atoms with Crippen LogP contribution in [0.4, 0.5) is 4.79 Å². The largest absolute Gasteiger partial charge is 0.481 e. The summed E-state index contributed by atoms with van der Waals surface area (Å²) in [5.74, 6) is -1.27. The van der Waals surface area contributed by atoms with Crippen molar-refractivity contribution in [1.82, 2.24) is 10.6 Å². The average molecular weight is 451 g/mol. The first-order valence-corrected chi connectivity index (χ1v) is 11.3.